The zero-order valence-electron chi connectivity index (χ0n) is 10.9. The van der Waals surface area contributed by atoms with Crippen molar-refractivity contribution in [3.05, 3.63) is 40.4 Å². The number of fused-ring (bicyclic) bond motifs is 2. The molecule has 1 unspecified atom stereocenters. The summed E-state index contributed by atoms with van der Waals surface area (Å²) in [6.45, 7) is 0.934. The Morgan fingerprint density at radius 2 is 2.20 bits per heavy atom. The first-order valence-corrected chi connectivity index (χ1v) is 7.63. The van der Waals surface area contributed by atoms with Gasteiger partial charge in [-0.3, -0.25) is 4.79 Å². The lowest BCUT2D eigenvalue weighted by molar-refractivity contribution is -0.138. The van der Waals surface area contributed by atoms with E-state index in [9.17, 15) is 9.90 Å². The fourth-order valence-electron chi connectivity index (χ4n) is 3.11. The third kappa shape index (κ3) is 1.66. The smallest absolute Gasteiger partial charge is 0.312 e. The van der Waals surface area contributed by atoms with Crippen molar-refractivity contribution in [3.63, 3.8) is 0 Å². The van der Waals surface area contributed by atoms with Crippen molar-refractivity contribution in [1.29, 1.82) is 0 Å². The van der Waals surface area contributed by atoms with Gasteiger partial charge < -0.3 is 10.0 Å². The Kier molecular flexibility index (Phi) is 2.57. The molecule has 0 amide bonds. The number of nitrogens with zero attached hydrogens (tertiary/aromatic N) is 2. The predicted molar refractivity (Wildman–Crippen MR) is 78.0 cm³/mol. The Balaban J connectivity index is 1.72. The van der Waals surface area contributed by atoms with Crippen molar-refractivity contribution in [2.24, 2.45) is 0 Å². The van der Waals surface area contributed by atoms with Gasteiger partial charge in [-0.1, -0.05) is 18.2 Å². The van der Waals surface area contributed by atoms with E-state index in [1.807, 2.05) is 6.07 Å². The lowest BCUT2D eigenvalue weighted by Gasteiger charge is -2.15. The number of rotatable bonds is 2. The van der Waals surface area contributed by atoms with Gasteiger partial charge in [-0.05, 0) is 30.9 Å². The molecule has 20 heavy (non-hydrogen) atoms. The molecule has 1 aromatic heterocycles. The zero-order valence-corrected chi connectivity index (χ0v) is 11.7. The molecule has 0 saturated carbocycles. The summed E-state index contributed by atoms with van der Waals surface area (Å²) in [7, 11) is 0. The fourth-order valence-corrected chi connectivity index (χ4v) is 4.28. The number of para-hydroxylation sites is 1. The Bertz CT molecular complexity index is 695. The van der Waals surface area contributed by atoms with Gasteiger partial charge in [0.1, 0.15) is 5.92 Å². The molecule has 1 aliphatic heterocycles. The number of aromatic nitrogens is 1. The lowest BCUT2D eigenvalue weighted by atomic mass is 10.1. The Morgan fingerprint density at radius 3 is 3.05 bits per heavy atom. The minimum atomic E-state index is -0.748. The maximum atomic E-state index is 11.2. The fraction of sp³-hybridized carbons (Fsp3) is 0.333. The first-order chi connectivity index (χ1) is 9.74. The summed E-state index contributed by atoms with van der Waals surface area (Å²) in [5.74, 6) is -1.16. The average molecular weight is 286 g/mol. The number of thiazole rings is 1. The van der Waals surface area contributed by atoms with Gasteiger partial charge in [0.15, 0.2) is 5.13 Å². The van der Waals surface area contributed by atoms with E-state index in [1.165, 1.54) is 11.3 Å². The van der Waals surface area contributed by atoms with E-state index in [-0.39, 0.29) is 0 Å². The third-order valence-electron chi connectivity index (χ3n) is 4.12. The summed E-state index contributed by atoms with van der Waals surface area (Å²) in [6.07, 6.45) is 2.57. The molecule has 1 aliphatic carbocycles. The quantitative estimate of drug-likeness (QED) is 0.922. The minimum absolute atomic E-state index is 0.409. The molecule has 2 aromatic rings. The summed E-state index contributed by atoms with van der Waals surface area (Å²) in [5.41, 5.74) is 3.35. The Morgan fingerprint density at radius 1 is 1.35 bits per heavy atom. The van der Waals surface area contributed by atoms with Crippen molar-refractivity contribution in [1.82, 2.24) is 4.98 Å². The maximum Gasteiger partial charge on any atom is 0.312 e. The number of aliphatic carboxylic acids is 1. The highest BCUT2D eigenvalue weighted by atomic mass is 32.1. The molecule has 5 heteroatoms. The molecule has 4 nitrogen and oxygen atoms in total. The van der Waals surface area contributed by atoms with Crippen molar-refractivity contribution in [2.75, 3.05) is 11.4 Å². The number of carboxylic acid groups (broad SMARTS) is 1. The van der Waals surface area contributed by atoms with E-state index >= 15 is 0 Å². The molecule has 102 valence electrons. The lowest BCUT2D eigenvalue weighted by Crippen LogP contribution is -2.14. The SMILES string of the molecule is O=C(O)C1CCc2sc(N3CCc4ccccc43)nc21. The first-order valence-electron chi connectivity index (χ1n) is 6.82. The molecule has 1 N–H and O–H groups in total. The predicted octanol–water partition coefficient (Wildman–Crippen LogP) is 2.95. The second-order valence-electron chi connectivity index (χ2n) is 5.26. The summed E-state index contributed by atoms with van der Waals surface area (Å²) in [6, 6.07) is 8.36. The van der Waals surface area contributed by atoms with Gasteiger partial charge >= 0.3 is 5.97 Å². The molecule has 0 saturated heterocycles. The van der Waals surface area contributed by atoms with Crippen LogP contribution in [0.2, 0.25) is 0 Å². The van der Waals surface area contributed by atoms with E-state index in [0.29, 0.717) is 6.42 Å². The number of hydrogen-bond acceptors (Lipinski definition) is 4. The van der Waals surface area contributed by atoms with E-state index in [2.05, 4.69) is 28.1 Å². The van der Waals surface area contributed by atoms with Gasteiger partial charge in [0, 0.05) is 17.1 Å². The van der Waals surface area contributed by atoms with E-state index in [4.69, 9.17) is 0 Å². The number of carboxylic acids is 1. The molecule has 2 heterocycles. The van der Waals surface area contributed by atoms with Crippen LogP contribution in [0, 0.1) is 0 Å². The van der Waals surface area contributed by atoms with Crippen molar-refractivity contribution in [2.45, 2.75) is 25.2 Å². The second kappa shape index (κ2) is 4.31. The van der Waals surface area contributed by atoms with Crippen molar-refractivity contribution < 1.29 is 9.90 Å². The molecule has 4 rings (SSSR count). The topological polar surface area (TPSA) is 53.4 Å². The summed E-state index contributed by atoms with van der Waals surface area (Å²) < 4.78 is 0. The van der Waals surface area contributed by atoms with Crippen LogP contribution in [-0.2, 0) is 17.6 Å². The van der Waals surface area contributed by atoms with Crippen molar-refractivity contribution >= 4 is 28.1 Å². The van der Waals surface area contributed by atoms with Crippen LogP contribution in [0.15, 0.2) is 24.3 Å². The summed E-state index contributed by atoms with van der Waals surface area (Å²) in [5, 5.41) is 10.2. The van der Waals surface area contributed by atoms with Crippen molar-refractivity contribution in [3.8, 4) is 0 Å². The van der Waals surface area contributed by atoms with Crippen LogP contribution >= 0.6 is 11.3 Å². The van der Waals surface area contributed by atoms with Gasteiger partial charge in [0.05, 0.1) is 5.69 Å². The second-order valence-corrected chi connectivity index (χ2v) is 6.33. The van der Waals surface area contributed by atoms with E-state index in [0.717, 1.165) is 35.1 Å². The average Bonchev–Trinajstić information content (AvgIpc) is 3.10. The van der Waals surface area contributed by atoms with Crippen LogP contribution in [0.3, 0.4) is 0 Å². The van der Waals surface area contributed by atoms with Gasteiger partial charge in [0.2, 0.25) is 0 Å². The molecule has 0 fully saturated rings. The molecule has 1 aromatic carbocycles. The van der Waals surface area contributed by atoms with Crippen LogP contribution in [0.25, 0.3) is 0 Å². The third-order valence-corrected chi connectivity index (χ3v) is 5.28. The highest BCUT2D eigenvalue weighted by molar-refractivity contribution is 7.15. The van der Waals surface area contributed by atoms with Crippen LogP contribution in [-0.4, -0.2) is 22.6 Å². The van der Waals surface area contributed by atoms with Crippen LogP contribution in [0.5, 0.6) is 0 Å². The monoisotopic (exact) mass is 286 g/mol. The largest absolute Gasteiger partial charge is 0.481 e. The maximum absolute atomic E-state index is 11.2. The highest BCUT2D eigenvalue weighted by Crippen LogP contribution is 2.43. The number of anilines is 2. The number of benzene rings is 1. The minimum Gasteiger partial charge on any atom is -0.481 e. The Hall–Kier alpha value is -1.88. The molecule has 1 atom stereocenters. The van der Waals surface area contributed by atoms with Crippen LogP contribution in [0.1, 0.15) is 28.5 Å². The van der Waals surface area contributed by atoms with Gasteiger partial charge in [-0.15, -0.1) is 11.3 Å². The number of carbonyl (C=O) groups is 1. The molecule has 0 bridgehead atoms. The van der Waals surface area contributed by atoms with E-state index < -0.39 is 11.9 Å². The van der Waals surface area contributed by atoms with Gasteiger partial charge in [-0.2, -0.15) is 0 Å². The van der Waals surface area contributed by atoms with Crippen LogP contribution < -0.4 is 4.90 Å². The highest BCUT2D eigenvalue weighted by Gasteiger charge is 2.34. The molecule has 2 aliphatic rings. The molecule has 0 spiro atoms. The van der Waals surface area contributed by atoms with Crippen LogP contribution in [0.4, 0.5) is 10.8 Å². The zero-order chi connectivity index (χ0) is 13.7. The first kappa shape index (κ1) is 11.9. The molecule has 0 radical (unpaired) electrons. The summed E-state index contributed by atoms with van der Waals surface area (Å²) >= 11 is 1.66. The van der Waals surface area contributed by atoms with Gasteiger partial charge in [-0.25, -0.2) is 4.98 Å². The molecular weight excluding hydrogens is 272 g/mol. The Labute approximate surface area is 120 Å². The van der Waals surface area contributed by atoms with E-state index in [1.54, 1.807) is 11.3 Å². The number of aryl methyl sites for hydroxylation is 1. The number of hydrogen-bond donors (Lipinski definition) is 1. The summed E-state index contributed by atoms with van der Waals surface area (Å²) in [4.78, 5) is 19.3. The normalized spacial score (nSPS) is 20.0. The molecular formula is C15H14N2O2S. The standard InChI is InChI=1S/C15H14N2O2S/c18-14(19)10-5-6-12-13(10)16-15(20-12)17-8-7-9-3-1-2-4-11(9)17/h1-4,10H,5-8H2,(H,18,19). The van der Waals surface area contributed by atoms with Gasteiger partial charge in [0.25, 0.3) is 0 Å².